The Morgan fingerprint density at radius 2 is 1.98 bits per heavy atom. The van der Waals surface area contributed by atoms with Gasteiger partial charge in [-0.1, -0.05) is 23.2 Å². The van der Waals surface area contributed by atoms with Crippen LogP contribution in [0.4, 0.5) is 17.6 Å². The van der Waals surface area contributed by atoms with Crippen LogP contribution in [0.2, 0.25) is 10.2 Å². The number of hydrogen-bond acceptors (Lipinski definition) is 7. The number of aromatic nitrogens is 7. The van der Waals surface area contributed by atoms with Gasteiger partial charge in [0.15, 0.2) is 11.9 Å². The number of amides is 1. The fourth-order valence-corrected chi connectivity index (χ4v) is 5.74. The fourth-order valence-electron chi connectivity index (χ4n) is 5.34. The molecule has 0 bridgehead atoms. The van der Waals surface area contributed by atoms with Crippen molar-refractivity contribution in [3.8, 4) is 16.9 Å². The van der Waals surface area contributed by atoms with Crippen molar-refractivity contribution in [3.05, 3.63) is 75.9 Å². The monoisotopic (exact) mass is 608 g/mol. The van der Waals surface area contributed by atoms with Crippen LogP contribution >= 0.6 is 23.2 Å². The average Bonchev–Trinajstić information content (AvgIpc) is 3.69. The minimum absolute atomic E-state index is 0.0508. The van der Waals surface area contributed by atoms with E-state index in [1.165, 1.54) is 29.2 Å². The highest BCUT2D eigenvalue weighted by molar-refractivity contribution is 6.32. The molecule has 0 spiro atoms. The van der Waals surface area contributed by atoms with E-state index >= 15 is 4.39 Å². The SMILES string of the molecule is O=C1C=C(c2c(-n3cnnn3)ccc(Cl)c2F)C[C@H]2CC[C@@H](c3nc(-c4ccnc(C(O)C(F)(F)F)c4)c(Cl)[nH]3)N12. The van der Waals surface area contributed by atoms with Gasteiger partial charge in [0.1, 0.15) is 23.0 Å². The number of aliphatic hydroxyl groups excluding tert-OH is 1. The Hall–Kier alpha value is -3.88. The van der Waals surface area contributed by atoms with Crippen LogP contribution < -0.4 is 0 Å². The molecule has 0 saturated carbocycles. The lowest BCUT2D eigenvalue weighted by molar-refractivity contribution is -0.207. The summed E-state index contributed by atoms with van der Waals surface area (Å²) in [6.07, 6.45) is -2.50. The second-order valence-electron chi connectivity index (χ2n) is 9.57. The molecule has 1 unspecified atom stereocenters. The molecule has 5 heterocycles. The Kier molecular flexibility index (Phi) is 6.78. The highest BCUT2D eigenvalue weighted by atomic mass is 35.5. The van der Waals surface area contributed by atoms with E-state index in [0.29, 0.717) is 36.3 Å². The summed E-state index contributed by atoms with van der Waals surface area (Å²) in [6, 6.07) is 4.62. The summed E-state index contributed by atoms with van der Waals surface area (Å²) in [5.74, 6) is -0.735. The van der Waals surface area contributed by atoms with Crippen molar-refractivity contribution in [2.24, 2.45) is 0 Å². The quantitative estimate of drug-likeness (QED) is 0.305. The lowest BCUT2D eigenvalue weighted by atomic mass is 9.92. The fraction of sp³-hybridized carbons (Fsp3) is 0.280. The van der Waals surface area contributed by atoms with Crippen molar-refractivity contribution in [1.29, 1.82) is 0 Å². The normalized spacial score (nSPS) is 19.8. The molecule has 16 heteroatoms. The van der Waals surface area contributed by atoms with Gasteiger partial charge in [-0.3, -0.25) is 9.78 Å². The summed E-state index contributed by atoms with van der Waals surface area (Å²) < 4.78 is 55.6. The van der Waals surface area contributed by atoms with Gasteiger partial charge in [0, 0.05) is 29.4 Å². The first-order chi connectivity index (χ1) is 19.5. The number of aromatic amines is 1. The van der Waals surface area contributed by atoms with Gasteiger partial charge in [0.05, 0.1) is 22.4 Å². The van der Waals surface area contributed by atoms with Crippen LogP contribution in [0, 0.1) is 5.82 Å². The maximum atomic E-state index is 15.3. The summed E-state index contributed by atoms with van der Waals surface area (Å²) in [6.45, 7) is 0. The maximum Gasteiger partial charge on any atom is 0.420 e. The molecule has 0 radical (unpaired) electrons. The summed E-state index contributed by atoms with van der Waals surface area (Å²) >= 11 is 12.5. The number of nitrogens with one attached hydrogen (secondary N) is 1. The second-order valence-corrected chi connectivity index (χ2v) is 10.4. The highest BCUT2D eigenvalue weighted by Crippen LogP contribution is 2.45. The zero-order chi connectivity index (χ0) is 29.1. The number of H-pyrrole nitrogens is 1. The van der Waals surface area contributed by atoms with Crippen molar-refractivity contribution < 1.29 is 27.5 Å². The first-order valence-electron chi connectivity index (χ1n) is 12.2. The molecule has 41 heavy (non-hydrogen) atoms. The van der Waals surface area contributed by atoms with Gasteiger partial charge < -0.3 is 15.0 Å². The molecule has 0 aliphatic carbocycles. The van der Waals surface area contributed by atoms with Crippen molar-refractivity contribution in [3.63, 3.8) is 0 Å². The maximum absolute atomic E-state index is 15.3. The van der Waals surface area contributed by atoms with Crippen molar-refractivity contribution in [2.75, 3.05) is 0 Å². The summed E-state index contributed by atoms with van der Waals surface area (Å²) in [5.41, 5.74) is 0.644. The number of tetrazole rings is 1. The Morgan fingerprint density at radius 3 is 2.71 bits per heavy atom. The minimum Gasteiger partial charge on any atom is -0.378 e. The van der Waals surface area contributed by atoms with E-state index in [1.54, 1.807) is 11.0 Å². The molecule has 3 atom stereocenters. The van der Waals surface area contributed by atoms with Gasteiger partial charge in [-0.25, -0.2) is 9.37 Å². The number of rotatable bonds is 5. The number of benzene rings is 1. The third-order valence-electron chi connectivity index (χ3n) is 7.14. The number of hydrogen-bond donors (Lipinski definition) is 2. The molecule has 1 aromatic carbocycles. The van der Waals surface area contributed by atoms with Crippen LogP contribution in [-0.2, 0) is 4.79 Å². The molecule has 2 aliphatic rings. The summed E-state index contributed by atoms with van der Waals surface area (Å²) in [4.78, 5) is 26.1. The molecule has 2 N–H and O–H groups in total. The summed E-state index contributed by atoms with van der Waals surface area (Å²) in [7, 11) is 0. The number of pyridine rings is 1. The third-order valence-corrected chi connectivity index (χ3v) is 7.70. The topological polar surface area (TPSA) is 126 Å². The zero-order valence-corrected chi connectivity index (χ0v) is 22.2. The van der Waals surface area contributed by atoms with Crippen LogP contribution in [0.15, 0.2) is 42.9 Å². The number of carbonyl (C=O) groups excluding carboxylic acids is 1. The van der Waals surface area contributed by atoms with Crippen molar-refractivity contribution in [1.82, 2.24) is 40.1 Å². The Balaban J connectivity index is 1.31. The van der Waals surface area contributed by atoms with Gasteiger partial charge in [0.25, 0.3) is 0 Å². The molecule has 212 valence electrons. The smallest absolute Gasteiger partial charge is 0.378 e. The Morgan fingerprint density at radius 1 is 1.17 bits per heavy atom. The number of fused-ring (bicyclic) bond motifs is 1. The molecular weight excluding hydrogens is 591 g/mol. The molecule has 2 aliphatic heterocycles. The number of aliphatic hydroxyl groups is 1. The molecule has 1 saturated heterocycles. The van der Waals surface area contributed by atoms with E-state index in [4.69, 9.17) is 23.2 Å². The zero-order valence-electron chi connectivity index (χ0n) is 20.6. The van der Waals surface area contributed by atoms with Crippen molar-refractivity contribution >= 4 is 34.7 Å². The molecule has 1 fully saturated rings. The van der Waals surface area contributed by atoms with Gasteiger partial charge in [-0.15, -0.1) is 5.10 Å². The molecule has 1 amide bonds. The van der Waals surface area contributed by atoms with Crippen LogP contribution in [0.1, 0.15) is 48.5 Å². The Bertz CT molecular complexity index is 1670. The second kappa shape index (κ2) is 10.2. The molecular formula is C25H18Cl2F4N8O2. The first-order valence-corrected chi connectivity index (χ1v) is 13.0. The third kappa shape index (κ3) is 4.85. The van der Waals surface area contributed by atoms with E-state index in [1.807, 2.05) is 0 Å². The molecule has 3 aromatic heterocycles. The molecule has 4 aromatic rings. The lowest BCUT2D eigenvalue weighted by Crippen LogP contribution is -2.39. The number of halogens is 6. The lowest BCUT2D eigenvalue weighted by Gasteiger charge is -2.33. The van der Waals surface area contributed by atoms with Crippen molar-refractivity contribution in [2.45, 2.75) is 43.6 Å². The summed E-state index contributed by atoms with van der Waals surface area (Å²) in [5, 5.41) is 20.6. The Labute approximate surface area is 238 Å². The van der Waals surface area contributed by atoms with Crippen LogP contribution in [0.5, 0.6) is 0 Å². The van der Waals surface area contributed by atoms with Crippen LogP contribution in [-0.4, -0.2) is 63.3 Å². The standard InChI is InChI=1S/C25H18Cl2F4N8O2/c26-14-2-4-16(38-10-33-36-37-38)19(20(14)28)12-7-13-1-3-17(39(13)18(40)9-12)24-34-21(23(27)35-24)11-5-6-32-15(8-11)22(41)25(29,30)31/h2,4-6,8-10,13,17,22,41H,1,3,7H2,(H,34,35)/t13-,17+,22?/m1/s1. The number of imidazole rings is 1. The highest BCUT2D eigenvalue weighted by Gasteiger charge is 2.43. The van der Waals surface area contributed by atoms with E-state index in [9.17, 15) is 23.1 Å². The van der Waals surface area contributed by atoms with Gasteiger partial charge in [-0.05, 0) is 59.5 Å². The van der Waals surface area contributed by atoms with Gasteiger partial charge >= 0.3 is 6.18 Å². The van der Waals surface area contributed by atoms with E-state index < -0.39 is 29.8 Å². The number of nitrogens with zero attached hydrogens (tertiary/aromatic N) is 7. The largest absolute Gasteiger partial charge is 0.420 e. The predicted molar refractivity (Wildman–Crippen MR) is 137 cm³/mol. The van der Waals surface area contributed by atoms with Gasteiger partial charge in [0.2, 0.25) is 5.91 Å². The van der Waals surface area contributed by atoms with E-state index in [-0.39, 0.29) is 38.9 Å². The number of carbonyl (C=O) groups is 1. The van der Waals surface area contributed by atoms with Crippen LogP contribution in [0.3, 0.4) is 0 Å². The average molecular weight is 609 g/mol. The van der Waals surface area contributed by atoms with E-state index in [2.05, 4.69) is 30.5 Å². The van der Waals surface area contributed by atoms with Gasteiger partial charge in [-0.2, -0.15) is 17.9 Å². The first kappa shape index (κ1) is 27.3. The number of alkyl halides is 3. The predicted octanol–water partition coefficient (Wildman–Crippen LogP) is 5.01. The van der Waals surface area contributed by atoms with Crippen LogP contribution in [0.25, 0.3) is 22.5 Å². The minimum atomic E-state index is -4.90. The molecule has 6 rings (SSSR count). The molecule has 10 nitrogen and oxygen atoms in total. The van der Waals surface area contributed by atoms with E-state index in [0.717, 1.165) is 12.3 Å².